The highest BCUT2D eigenvalue weighted by molar-refractivity contribution is 6.35. The molecule has 0 atom stereocenters. The molecule has 294 valence electrons. The summed E-state index contributed by atoms with van der Waals surface area (Å²) in [5, 5.41) is 23.0. The average Bonchev–Trinajstić information content (AvgIpc) is 3.89. The minimum atomic E-state index is 0.520. The number of fused-ring (bicyclic) bond motifs is 6. The molecule has 0 saturated carbocycles. The Kier molecular flexibility index (Phi) is 7.05. The van der Waals surface area contributed by atoms with Gasteiger partial charge in [-0.05, 0) is 39.6 Å². The predicted octanol–water partition coefficient (Wildman–Crippen LogP) is 13.8. The van der Waals surface area contributed by atoms with Crippen molar-refractivity contribution in [2.75, 3.05) is 0 Å². The number of nitrogens with zero attached hydrogens (tertiary/aromatic N) is 7. The molecule has 7 nitrogen and oxygen atoms in total. The maximum absolute atomic E-state index is 12.3. The Hall–Kier alpha value is -8.99. The van der Waals surface area contributed by atoms with E-state index in [4.69, 9.17) is 19.9 Å². The van der Waals surface area contributed by atoms with Gasteiger partial charge >= 0.3 is 0 Å². The van der Waals surface area contributed by atoms with Gasteiger partial charge in [-0.3, -0.25) is 19.9 Å². The molecule has 64 heavy (non-hydrogen) atoms. The predicted molar refractivity (Wildman–Crippen MR) is 260 cm³/mol. The maximum Gasteiger partial charge on any atom is 0.104 e. The van der Waals surface area contributed by atoms with Crippen molar-refractivity contribution in [1.29, 1.82) is 5.26 Å². The summed E-state index contributed by atoms with van der Waals surface area (Å²) < 4.78 is 4.62. The summed E-state index contributed by atoms with van der Waals surface area (Å²) in [6.07, 6.45) is 11.4. The fraction of sp³-hybridized carbons (Fsp3) is 0. The highest BCUT2D eigenvalue weighted by Gasteiger charge is 2.33. The molecule has 0 aliphatic carbocycles. The Balaban J connectivity index is 1.30. The van der Waals surface area contributed by atoms with Crippen molar-refractivity contribution in [1.82, 2.24) is 29.1 Å². The largest absolute Gasteiger partial charge is 0.307 e. The van der Waals surface area contributed by atoms with E-state index in [9.17, 15) is 5.26 Å². The summed E-state index contributed by atoms with van der Waals surface area (Å²) in [6.45, 7) is 0. The second kappa shape index (κ2) is 13.0. The lowest BCUT2D eigenvalue weighted by Crippen LogP contribution is -2.11. The summed E-state index contributed by atoms with van der Waals surface area (Å²) >= 11 is 0. The van der Waals surface area contributed by atoms with Crippen molar-refractivity contribution in [3.05, 3.63) is 194 Å². The number of aromatic nitrogens is 6. The van der Waals surface area contributed by atoms with Crippen molar-refractivity contribution < 1.29 is 0 Å². The summed E-state index contributed by atoms with van der Waals surface area (Å²) in [5.41, 5.74) is 13.4. The van der Waals surface area contributed by atoms with Gasteiger partial charge in [-0.15, -0.1) is 0 Å². The van der Waals surface area contributed by atoms with Crippen LogP contribution in [0.3, 0.4) is 0 Å². The highest BCUT2D eigenvalue weighted by atomic mass is 15.0. The number of pyridine rings is 2. The Labute approximate surface area is 365 Å². The standard InChI is InChI=1S/C57H31N7/c58-28-40-56(63-43-24-12-22-38-50(43)51-39(23-13-25-44(51)63)55-54(38)61-26-27-62-55)48(34-16-6-2-7-17-34)47(33-14-4-1-5-15-33)49(35-18-8-3-9-19-35)57(40)64-45-31-59-29-41-36-20-10-11-21-37(36)42-30-60-32-46(64)53(42)52(41)45/h1-27,29-32H. The zero-order chi connectivity index (χ0) is 42.0. The Bertz CT molecular complexity index is 3820. The van der Waals surface area contributed by atoms with Crippen LogP contribution in [-0.2, 0) is 0 Å². The van der Waals surface area contributed by atoms with E-state index in [0.29, 0.717) is 5.56 Å². The van der Waals surface area contributed by atoms with Gasteiger partial charge in [0.25, 0.3) is 0 Å². The van der Waals surface area contributed by atoms with Gasteiger partial charge < -0.3 is 9.13 Å². The fourth-order valence-corrected chi connectivity index (χ4v) is 10.9. The number of benzene rings is 9. The third-order valence-corrected chi connectivity index (χ3v) is 13.3. The molecule has 14 aromatic rings. The number of hydrogen-bond acceptors (Lipinski definition) is 5. The summed E-state index contributed by atoms with van der Waals surface area (Å²) in [6, 6.07) is 56.0. The second-order valence-corrected chi connectivity index (χ2v) is 16.4. The topological polar surface area (TPSA) is 85.2 Å². The smallest absolute Gasteiger partial charge is 0.104 e. The van der Waals surface area contributed by atoms with Crippen LogP contribution in [0.4, 0.5) is 0 Å². The molecule has 0 radical (unpaired) electrons. The number of rotatable bonds is 5. The van der Waals surface area contributed by atoms with Gasteiger partial charge in [0.05, 0.1) is 56.9 Å². The molecule has 14 rings (SSSR count). The van der Waals surface area contributed by atoms with Crippen LogP contribution in [0.1, 0.15) is 5.56 Å². The van der Waals surface area contributed by atoms with Crippen molar-refractivity contribution in [3.8, 4) is 50.8 Å². The quantitative estimate of drug-likeness (QED) is 0.162. The third kappa shape index (κ3) is 4.47. The van der Waals surface area contributed by atoms with Crippen LogP contribution in [0.5, 0.6) is 0 Å². The zero-order valence-electron chi connectivity index (χ0n) is 34.0. The van der Waals surface area contributed by atoms with Gasteiger partial charge in [0.1, 0.15) is 11.6 Å². The molecule has 0 N–H and O–H groups in total. The van der Waals surface area contributed by atoms with Crippen LogP contribution < -0.4 is 0 Å². The van der Waals surface area contributed by atoms with Gasteiger partial charge in [-0.25, -0.2) is 0 Å². The average molecular weight is 814 g/mol. The van der Waals surface area contributed by atoms with Crippen LogP contribution in [0, 0.1) is 11.3 Å². The van der Waals surface area contributed by atoms with Gasteiger partial charge in [0.2, 0.25) is 0 Å². The zero-order valence-corrected chi connectivity index (χ0v) is 34.0. The molecule has 0 spiro atoms. The van der Waals surface area contributed by atoms with Crippen molar-refractivity contribution in [3.63, 3.8) is 0 Å². The molecule has 0 amide bonds. The normalized spacial score (nSPS) is 12.0. The van der Waals surface area contributed by atoms with E-state index in [1.807, 2.05) is 30.9 Å². The van der Waals surface area contributed by atoms with Crippen LogP contribution in [-0.4, -0.2) is 29.1 Å². The second-order valence-electron chi connectivity index (χ2n) is 16.4. The Morgan fingerprint density at radius 1 is 0.359 bits per heavy atom. The highest BCUT2D eigenvalue weighted by Crippen LogP contribution is 2.54. The first-order valence-electron chi connectivity index (χ1n) is 21.3. The van der Waals surface area contributed by atoms with E-state index in [1.165, 1.54) is 0 Å². The molecule has 5 aromatic heterocycles. The molecule has 9 aromatic carbocycles. The Morgan fingerprint density at radius 2 is 0.750 bits per heavy atom. The lowest BCUT2D eigenvalue weighted by molar-refractivity contribution is 1.11. The van der Waals surface area contributed by atoms with E-state index >= 15 is 0 Å². The minimum Gasteiger partial charge on any atom is -0.307 e. The van der Waals surface area contributed by atoms with E-state index in [2.05, 4.69) is 161 Å². The van der Waals surface area contributed by atoms with Gasteiger partial charge in [-0.1, -0.05) is 140 Å². The molecule has 0 fully saturated rings. The van der Waals surface area contributed by atoms with E-state index in [0.717, 1.165) is 132 Å². The Morgan fingerprint density at radius 3 is 1.20 bits per heavy atom. The molecule has 0 aliphatic heterocycles. The van der Waals surface area contributed by atoms with Crippen molar-refractivity contribution >= 4 is 87.0 Å². The van der Waals surface area contributed by atoms with Gasteiger partial charge in [0, 0.05) is 84.6 Å². The van der Waals surface area contributed by atoms with Crippen LogP contribution in [0.25, 0.3) is 132 Å². The molecule has 0 aliphatic rings. The van der Waals surface area contributed by atoms with Gasteiger partial charge in [-0.2, -0.15) is 5.26 Å². The van der Waals surface area contributed by atoms with Gasteiger partial charge in [0.15, 0.2) is 0 Å². The fourth-order valence-electron chi connectivity index (χ4n) is 10.9. The van der Waals surface area contributed by atoms with Crippen LogP contribution in [0.2, 0.25) is 0 Å². The number of hydrogen-bond donors (Lipinski definition) is 0. The van der Waals surface area contributed by atoms with Crippen molar-refractivity contribution in [2.45, 2.75) is 0 Å². The molecule has 7 heteroatoms. The summed E-state index contributed by atoms with van der Waals surface area (Å²) in [7, 11) is 0. The molecule has 0 unspecified atom stereocenters. The lowest BCUT2D eigenvalue weighted by atomic mass is 9.82. The van der Waals surface area contributed by atoms with Crippen LogP contribution in [0.15, 0.2) is 189 Å². The van der Waals surface area contributed by atoms with E-state index in [1.54, 1.807) is 12.4 Å². The molecular formula is C57H31N7. The molecule has 0 bridgehead atoms. The monoisotopic (exact) mass is 813 g/mol. The first-order chi connectivity index (χ1) is 31.8. The first kappa shape index (κ1) is 34.7. The lowest BCUT2D eigenvalue weighted by Gasteiger charge is -2.27. The maximum atomic E-state index is 12.3. The summed E-state index contributed by atoms with van der Waals surface area (Å²) in [4.78, 5) is 19.7. The minimum absolute atomic E-state index is 0.520. The van der Waals surface area contributed by atoms with Crippen molar-refractivity contribution in [2.24, 2.45) is 0 Å². The van der Waals surface area contributed by atoms with E-state index < -0.39 is 0 Å². The molecule has 5 heterocycles. The molecular weight excluding hydrogens is 783 g/mol. The molecule has 0 saturated heterocycles. The summed E-state index contributed by atoms with van der Waals surface area (Å²) in [5.74, 6) is 0. The van der Waals surface area contributed by atoms with E-state index in [-0.39, 0.29) is 0 Å². The first-order valence-corrected chi connectivity index (χ1v) is 21.3. The van der Waals surface area contributed by atoms with Crippen LogP contribution >= 0.6 is 0 Å². The third-order valence-electron chi connectivity index (χ3n) is 13.3. The SMILES string of the molecule is N#Cc1c(-n2c3cncc4c5ccccc5c5cncc2c5c43)c(-c2ccccc2)c(-c2ccccc2)c(-c2ccccc2)c1-n1c2cccc3c4nccnc4c4cccc1c4c32. The number of nitriles is 1.